The molecule has 4 rings (SSSR count). The van der Waals surface area contributed by atoms with E-state index in [0.29, 0.717) is 12.1 Å². The predicted molar refractivity (Wildman–Crippen MR) is 126 cm³/mol. The van der Waals surface area contributed by atoms with Crippen LogP contribution in [0.25, 0.3) is 5.76 Å². The molecule has 6 heteroatoms. The number of Topliss-reactive ketones (excluding diaryl/α,β-unsaturated/α-hetero) is 1. The molecule has 1 amide bonds. The van der Waals surface area contributed by atoms with Gasteiger partial charge in [-0.3, -0.25) is 9.59 Å². The number of nitrogens with zero attached hydrogens (tertiary/aromatic N) is 1. The first-order valence-electron chi connectivity index (χ1n) is 10.1. The van der Waals surface area contributed by atoms with Crippen LogP contribution >= 0.6 is 22.7 Å². The van der Waals surface area contributed by atoms with E-state index in [2.05, 4.69) is 20.8 Å². The minimum Gasteiger partial charge on any atom is -0.507 e. The summed E-state index contributed by atoms with van der Waals surface area (Å²) < 4.78 is 0. The molecule has 4 nitrogen and oxygen atoms in total. The number of benzene rings is 1. The van der Waals surface area contributed by atoms with Crippen molar-refractivity contribution < 1.29 is 14.7 Å². The lowest BCUT2D eigenvalue weighted by Gasteiger charge is -2.24. The Balaban J connectivity index is 1.88. The number of rotatable bonds is 4. The van der Waals surface area contributed by atoms with Crippen molar-refractivity contribution in [1.29, 1.82) is 0 Å². The standard InChI is InChI=1S/C25H25NO3S2/c1-15-9-10-16(25(2,3)4)13-18(15)22(27)20-21(19-8-6-12-31-19)26(24(29)23(20)28)14-17-7-5-11-30-17/h5-13,21,27H,14H2,1-4H3/b22-20+. The van der Waals surface area contributed by atoms with E-state index in [1.165, 1.54) is 11.3 Å². The lowest BCUT2D eigenvalue weighted by atomic mass is 9.84. The maximum Gasteiger partial charge on any atom is 0.296 e. The van der Waals surface area contributed by atoms with Crippen molar-refractivity contribution in [2.75, 3.05) is 0 Å². The summed E-state index contributed by atoms with van der Waals surface area (Å²) >= 11 is 3.03. The highest BCUT2D eigenvalue weighted by atomic mass is 32.1. The number of likely N-dealkylation sites (tertiary alicyclic amines) is 1. The minimum atomic E-state index is -0.631. The van der Waals surface area contributed by atoms with Crippen molar-refractivity contribution >= 4 is 40.1 Å². The van der Waals surface area contributed by atoms with Crippen LogP contribution in [0.4, 0.5) is 0 Å². The smallest absolute Gasteiger partial charge is 0.296 e. The first-order chi connectivity index (χ1) is 14.7. The van der Waals surface area contributed by atoms with Gasteiger partial charge in [0.25, 0.3) is 11.7 Å². The van der Waals surface area contributed by atoms with Crippen molar-refractivity contribution in [3.05, 3.63) is 85.2 Å². The molecular formula is C25H25NO3S2. The van der Waals surface area contributed by atoms with Crippen LogP contribution in [0.15, 0.2) is 58.8 Å². The summed E-state index contributed by atoms with van der Waals surface area (Å²) in [5.41, 5.74) is 2.57. The molecule has 1 saturated heterocycles. The fourth-order valence-corrected chi connectivity index (χ4v) is 5.39. The number of hydrogen-bond acceptors (Lipinski definition) is 5. The fraction of sp³-hybridized carbons (Fsp3) is 0.280. The average molecular weight is 452 g/mol. The highest BCUT2D eigenvalue weighted by Crippen LogP contribution is 2.42. The van der Waals surface area contributed by atoms with E-state index in [1.807, 2.05) is 60.1 Å². The molecule has 0 aliphatic carbocycles. The molecule has 1 unspecified atom stereocenters. The maximum atomic E-state index is 13.2. The lowest BCUT2D eigenvalue weighted by Crippen LogP contribution is -2.28. The summed E-state index contributed by atoms with van der Waals surface area (Å²) in [6.45, 7) is 8.55. The fourth-order valence-electron chi connectivity index (χ4n) is 3.84. The van der Waals surface area contributed by atoms with E-state index in [-0.39, 0.29) is 16.7 Å². The van der Waals surface area contributed by atoms with Gasteiger partial charge in [-0.25, -0.2) is 0 Å². The van der Waals surface area contributed by atoms with Crippen molar-refractivity contribution in [2.24, 2.45) is 0 Å². The Kier molecular flexibility index (Phi) is 5.62. The topological polar surface area (TPSA) is 57.6 Å². The van der Waals surface area contributed by atoms with Crippen LogP contribution in [0.5, 0.6) is 0 Å². The van der Waals surface area contributed by atoms with E-state index in [1.54, 1.807) is 16.2 Å². The zero-order chi connectivity index (χ0) is 22.3. The van der Waals surface area contributed by atoms with E-state index in [0.717, 1.165) is 20.9 Å². The highest BCUT2D eigenvalue weighted by Gasteiger charge is 2.46. The molecule has 3 heterocycles. The molecule has 0 spiro atoms. The number of aliphatic hydroxyl groups is 1. The van der Waals surface area contributed by atoms with E-state index in [4.69, 9.17) is 0 Å². The quantitative estimate of drug-likeness (QED) is 0.299. The second-order valence-electron chi connectivity index (χ2n) is 8.80. The number of carbonyl (C=O) groups excluding carboxylic acids is 2. The third-order valence-corrected chi connectivity index (χ3v) is 7.40. The summed E-state index contributed by atoms with van der Waals surface area (Å²) in [4.78, 5) is 29.6. The third kappa shape index (κ3) is 3.98. The first-order valence-corrected chi connectivity index (χ1v) is 11.9. The Bertz CT molecular complexity index is 1150. The number of hydrogen-bond donors (Lipinski definition) is 1. The van der Waals surface area contributed by atoms with E-state index >= 15 is 0 Å². The average Bonchev–Trinajstić information content (AvgIpc) is 3.46. The Labute approximate surface area is 190 Å². The van der Waals surface area contributed by atoms with Crippen molar-refractivity contribution in [2.45, 2.75) is 45.7 Å². The van der Waals surface area contributed by atoms with Crippen LogP contribution in [0.1, 0.15) is 53.3 Å². The van der Waals surface area contributed by atoms with Crippen LogP contribution in [-0.2, 0) is 21.5 Å². The first kappa shape index (κ1) is 21.5. The number of carbonyl (C=O) groups is 2. The van der Waals surface area contributed by atoms with Crippen LogP contribution < -0.4 is 0 Å². The van der Waals surface area contributed by atoms with Crippen molar-refractivity contribution in [3.8, 4) is 0 Å². The van der Waals surface area contributed by atoms with Gasteiger partial charge in [0, 0.05) is 15.3 Å². The van der Waals surface area contributed by atoms with Gasteiger partial charge in [-0.2, -0.15) is 0 Å². The number of ketones is 1. The zero-order valence-electron chi connectivity index (χ0n) is 18.0. The molecule has 31 heavy (non-hydrogen) atoms. The monoisotopic (exact) mass is 451 g/mol. The predicted octanol–water partition coefficient (Wildman–Crippen LogP) is 6.04. The van der Waals surface area contributed by atoms with Crippen LogP contribution in [-0.4, -0.2) is 21.7 Å². The SMILES string of the molecule is Cc1ccc(C(C)(C)C)cc1/C(O)=C1\C(=O)C(=O)N(Cc2cccs2)C1c1cccs1. The molecule has 3 aromatic rings. The largest absolute Gasteiger partial charge is 0.507 e. The summed E-state index contributed by atoms with van der Waals surface area (Å²) in [7, 11) is 0. The van der Waals surface area contributed by atoms with Gasteiger partial charge >= 0.3 is 0 Å². The molecule has 160 valence electrons. The third-order valence-electron chi connectivity index (χ3n) is 5.62. The second-order valence-corrected chi connectivity index (χ2v) is 10.8. The molecule has 1 atom stereocenters. The van der Waals surface area contributed by atoms with Crippen molar-refractivity contribution in [1.82, 2.24) is 4.90 Å². The summed E-state index contributed by atoms with van der Waals surface area (Å²) in [5, 5.41) is 15.3. The van der Waals surface area contributed by atoms with Gasteiger partial charge in [-0.15, -0.1) is 22.7 Å². The van der Waals surface area contributed by atoms with Crippen molar-refractivity contribution in [3.63, 3.8) is 0 Å². The summed E-state index contributed by atoms with van der Waals surface area (Å²) in [6.07, 6.45) is 0. The summed E-state index contributed by atoms with van der Waals surface area (Å²) in [5.74, 6) is -1.31. The molecule has 1 fully saturated rings. The molecular weight excluding hydrogens is 426 g/mol. The maximum absolute atomic E-state index is 13.2. The van der Waals surface area contributed by atoms with E-state index < -0.39 is 17.7 Å². The van der Waals surface area contributed by atoms with Gasteiger partial charge in [-0.05, 0) is 52.4 Å². The Morgan fingerprint density at radius 1 is 1.06 bits per heavy atom. The molecule has 2 aromatic heterocycles. The number of aryl methyl sites for hydroxylation is 1. The highest BCUT2D eigenvalue weighted by molar-refractivity contribution is 7.10. The Morgan fingerprint density at radius 2 is 1.77 bits per heavy atom. The molecule has 0 bridgehead atoms. The van der Waals surface area contributed by atoms with E-state index in [9.17, 15) is 14.7 Å². The molecule has 1 aromatic carbocycles. The zero-order valence-corrected chi connectivity index (χ0v) is 19.6. The van der Waals surface area contributed by atoms with Gasteiger partial charge in [-0.1, -0.05) is 45.0 Å². The minimum absolute atomic E-state index is 0.103. The molecule has 1 aliphatic rings. The molecule has 0 saturated carbocycles. The summed E-state index contributed by atoms with van der Waals surface area (Å²) in [6, 6.07) is 13.0. The Hall–Kier alpha value is -2.70. The normalized spacial score (nSPS) is 18.7. The van der Waals surface area contributed by atoms with Gasteiger partial charge in [0.1, 0.15) is 11.8 Å². The molecule has 1 N–H and O–H groups in total. The second kappa shape index (κ2) is 8.09. The van der Waals surface area contributed by atoms with Gasteiger partial charge in [0.05, 0.1) is 12.1 Å². The Morgan fingerprint density at radius 3 is 2.39 bits per heavy atom. The van der Waals surface area contributed by atoms with Crippen LogP contribution in [0, 0.1) is 6.92 Å². The molecule has 0 radical (unpaired) electrons. The van der Waals surface area contributed by atoms with Gasteiger partial charge < -0.3 is 10.0 Å². The lowest BCUT2D eigenvalue weighted by molar-refractivity contribution is -0.140. The number of aliphatic hydroxyl groups excluding tert-OH is 1. The van der Waals surface area contributed by atoms with Crippen LogP contribution in [0.2, 0.25) is 0 Å². The van der Waals surface area contributed by atoms with Crippen LogP contribution in [0.3, 0.4) is 0 Å². The van der Waals surface area contributed by atoms with Gasteiger partial charge in [0.2, 0.25) is 0 Å². The number of amides is 1. The van der Waals surface area contributed by atoms with Gasteiger partial charge in [0.15, 0.2) is 0 Å². The number of thiophene rings is 2. The molecule has 1 aliphatic heterocycles.